The predicted molar refractivity (Wildman–Crippen MR) is 83.5 cm³/mol. The molecule has 2 rings (SSSR count). The Morgan fingerprint density at radius 1 is 1.25 bits per heavy atom. The van der Waals surface area contributed by atoms with Crippen molar-refractivity contribution in [1.82, 2.24) is 0 Å². The Morgan fingerprint density at radius 2 is 1.90 bits per heavy atom. The van der Waals surface area contributed by atoms with Gasteiger partial charge in [-0.1, -0.05) is 12.1 Å². The van der Waals surface area contributed by atoms with Crippen molar-refractivity contribution in [1.29, 1.82) is 0 Å². The molecule has 0 aromatic heterocycles. The van der Waals surface area contributed by atoms with Gasteiger partial charge in [-0.25, -0.2) is 4.39 Å². The van der Waals surface area contributed by atoms with Gasteiger partial charge in [-0.15, -0.1) is 0 Å². The SMILES string of the molecule is COc1ccc(C(C)Nc2cc(F)c(Br)cc2N)cc1. The average molecular weight is 339 g/mol. The third-order valence-corrected chi connectivity index (χ3v) is 3.69. The molecule has 3 nitrogen and oxygen atoms in total. The molecule has 5 heteroatoms. The molecule has 0 spiro atoms. The highest BCUT2D eigenvalue weighted by Gasteiger charge is 2.10. The molecular formula is C15H16BrFN2O. The summed E-state index contributed by atoms with van der Waals surface area (Å²) in [5, 5.41) is 3.21. The van der Waals surface area contributed by atoms with E-state index in [1.807, 2.05) is 31.2 Å². The number of hydrogen-bond donors (Lipinski definition) is 2. The van der Waals surface area contributed by atoms with Gasteiger partial charge >= 0.3 is 0 Å². The molecule has 1 atom stereocenters. The van der Waals surface area contributed by atoms with E-state index in [9.17, 15) is 4.39 Å². The summed E-state index contributed by atoms with van der Waals surface area (Å²) in [5.41, 5.74) is 8.02. The van der Waals surface area contributed by atoms with E-state index in [2.05, 4.69) is 21.2 Å². The van der Waals surface area contributed by atoms with E-state index >= 15 is 0 Å². The Hall–Kier alpha value is -1.75. The highest BCUT2D eigenvalue weighted by Crippen LogP contribution is 2.29. The van der Waals surface area contributed by atoms with E-state index in [0.29, 0.717) is 15.8 Å². The van der Waals surface area contributed by atoms with Crippen molar-refractivity contribution in [3.05, 3.63) is 52.3 Å². The van der Waals surface area contributed by atoms with Gasteiger partial charge in [0, 0.05) is 12.1 Å². The van der Waals surface area contributed by atoms with Crippen LogP contribution in [0.2, 0.25) is 0 Å². The van der Waals surface area contributed by atoms with Gasteiger partial charge in [-0.2, -0.15) is 0 Å². The van der Waals surface area contributed by atoms with Crippen LogP contribution >= 0.6 is 15.9 Å². The molecule has 0 saturated carbocycles. The average Bonchev–Trinajstić information content (AvgIpc) is 2.44. The molecule has 0 fully saturated rings. The first-order chi connectivity index (χ1) is 9.51. The van der Waals surface area contributed by atoms with Crippen LogP contribution in [0.15, 0.2) is 40.9 Å². The van der Waals surface area contributed by atoms with Gasteiger partial charge in [-0.3, -0.25) is 0 Å². The summed E-state index contributed by atoms with van der Waals surface area (Å²) in [6.07, 6.45) is 0. The number of benzene rings is 2. The first-order valence-electron chi connectivity index (χ1n) is 6.16. The van der Waals surface area contributed by atoms with Crippen molar-refractivity contribution in [3.8, 4) is 5.75 Å². The quantitative estimate of drug-likeness (QED) is 0.814. The number of halogens is 2. The summed E-state index contributed by atoms with van der Waals surface area (Å²) in [4.78, 5) is 0. The lowest BCUT2D eigenvalue weighted by Crippen LogP contribution is -2.08. The Morgan fingerprint density at radius 3 is 2.50 bits per heavy atom. The zero-order valence-corrected chi connectivity index (χ0v) is 12.9. The third-order valence-electron chi connectivity index (χ3n) is 3.08. The topological polar surface area (TPSA) is 47.3 Å². The van der Waals surface area contributed by atoms with Gasteiger partial charge in [-0.05, 0) is 46.6 Å². The summed E-state index contributed by atoms with van der Waals surface area (Å²) >= 11 is 3.11. The zero-order valence-electron chi connectivity index (χ0n) is 11.3. The predicted octanol–water partition coefficient (Wildman–Crippen LogP) is 4.35. The standard InChI is InChI=1S/C15H16BrFN2O/c1-9(10-3-5-11(20-2)6-4-10)19-15-8-13(17)12(16)7-14(15)18/h3-9,19H,18H2,1-2H3. The van der Waals surface area contributed by atoms with Crippen LogP contribution in [-0.4, -0.2) is 7.11 Å². The Balaban J connectivity index is 2.18. The van der Waals surface area contributed by atoms with Crippen LogP contribution in [0.1, 0.15) is 18.5 Å². The second-order valence-corrected chi connectivity index (χ2v) is 5.35. The lowest BCUT2D eigenvalue weighted by atomic mass is 10.1. The minimum absolute atomic E-state index is 0.00350. The van der Waals surface area contributed by atoms with E-state index in [4.69, 9.17) is 10.5 Å². The van der Waals surface area contributed by atoms with Gasteiger partial charge in [0.25, 0.3) is 0 Å². The second-order valence-electron chi connectivity index (χ2n) is 4.49. The number of methoxy groups -OCH3 is 1. The molecule has 0 saturated heterocycles. The van der Waals surface area contributed by atoms with Crippen LogP contribution in [0.3, 0.4) is 0 Å². The minimum atomic E-state index is -0.344. The fourth-order valence-corrected chi connectivity index (χ4v) is 2.26. The molecule has 2 aromatic carbocycles. The summed E-state index contributed by atoms with van der Waals surface area (Å²) < 4.78 is 19.0. The molecule has 0 radical (unpaired) electrons. The molecule has 0 bridgehead atoms. The van der Waals surface area contributed by atoms with E-state index < -0.39 is 0 Å². The van der Waals surface area contributed by atoms with Crippen molar-refractivity contribution < 1.29 is 9.13 Å². The molecule has 0 aliphatic rings. The highest BCUT2D eigenvalue weighted by molar-refractivity contribution is 9.10. The molecule has 2 aromatic rings. The summed E-state index contributed by atoms with van der Waals surface area (Å²) in [5.74, 6) is 0.457. The van der Waals surface area contributed by atoms with Crippen molar-refractivity contribution in [2.75, 3.05) is 18.2 Å². The lowest BCUT2D eigenvalue weighted by molar-refractivity contribution is 0.414. The minimum Gasteiger partial charge on any atom is -0.497 e. The molecule has 3 N–H and O–H groups in total. The molecule has 0 amide bonds. The number of nitrogen functional groups attached to an aromatic ring is 1. The number of hydrogen-bond acceptors (Lipinski definition) is 3. The largest absolute Gasteiger partial charge is 0.497 e. The van der Waals surface area contributed by atoms with Gasteiger partial charge in [0.2, 0.25) is 0 Å². The third kappa shape index (κ3) is 3.22. The molecule has 20 heavy (non-hydrogen) atoms. The zero-order chi connectivity index (χ0) is 14.7. The van der Waals surface area contributed by atoms with E-state index in [1.54, 1.807) is 13.2 Å². The van der Waals surface area contributed by atoms with Gasteiger partial charge in [0.15, 0.2) is 0 Å². The Kier molecular flexibility index (Phi) is 4.49. The molecule has 0 aliphatic heterocycles. The smallest absolute Gasteiger partial charge is 0.139 e. The molecule has 106 valence electrons. The van der Waals surface area contributed by atoms with Crippen LogP contribution in [-0.2, 0) is 0 Å². The number of ether oxygens (including phenoxy) is 1. The van der Waals surface area contributed by atoms with Gasteiger partial charge in [0.1, 0.15) is 11.6 Å². The Bertz CT molecular complexity index is 602. The summed E-state index contributed by atoms with van der Waals surface area (Å²) in [6, 6.07) is 10.6. The van der Waals surface area contributed by atoms with Crippen molar-refractivity contribution in [2.45, 2.75) is 13.0 Å². The van der Waals surface area contributed by atoms with E-state index in [1.165, 1.54) is 6.07 Å². The van der Waals surface area contributed by atoms with Gasteiger partial charge < -0.3 is 15.8 Å². The van der Waals surface area contributed by atoms with Crippen LogP contribution in [0.5, 0.6) is 5.75 Å². The molecular weight excluding hydrogens is 323 g/mol. The van der Waals surface area contributed by atoms with Crippen LogP contribution < -0.4 is 15.8 Å². The summed E-state index contributed by atoms with van der Waals surface area (Å²) in [7, 11) is 1.63. The van der Waals surface area contributed by atoms with Gasteiger partial charge in [0.05, 0.1) is 23.0 Å². The molecule has 0 heterocycles. The maximum absolute atomic E-state index is 13.6. The summed E-state index contributed by atoms with van der Waals surface area (Å²) in [6.45, 7) is 1.99. The normalized spacial score (nSPS) is 12.0. The molecule has 1 unspecified atom stereocenters. The van der Waals surface area contributed by atoms with Crippen molar-refractivity contribution in [3.63, 3.8) is 0 Å². The van der Waals surface area contributed by atoms with Crippen molar-refractivity contribution in [2.24, 2.45) is 0 Å². The maximum Gasteiger partial charge on any atom is 0.139 e. The first-order valence-corrected chi connectivity index (χ1v) is 6.95. The second kappa shape index (κ2) is 6.13. The fraction of sp³-hybridized carbons (Fsp3) is 0.200. The number of nitrogens with one attached hydrogen (secondary N) is 1. The van der Waals surface area contributed by atoms with E-state index in [-0.39, 0.29) is 11.9 Å². The van der Waals surface area contributed by atoms with Crippen molar-refractivity contribution >= 4 is 27.3 Å². The van der Waals surface area contributed by atoms with Crippen LogP contribution in [0, 0.1) is 5.82 Å². The number of anilines is 2. The lowest BCUT2D eigenvalue weighted by Gasteiger charge is -2.18. The monoisotopic (exact) mass is 338 g/mol. The fourth-order valence-electron chi connectivity index (χ4n) is 1.90. The van der Waals surface area contributed by atoms with Crippen LogP contribution in [0.4, 0.5) is 15.8 Å². The van der Waals surface area contributed by atoms with Crippen LogP contribution in [0.25, 0.3) is 0 Å². The molecule has 0 aliphatic carbocycles. The number of rotatable bonds is 4. The van der Waals surface area contributed by atoms with E-state index in [0.717, 1.165) is 11.3 Å². The Labute approximate surface area is 126 Å². The number of nitrogens with two attached hydrogens (primary N) is 1. The first kappa shape index (κ1) is 14.7. The maximum atomic E-state index is 13.6. The highest BCUT2D eigenvalue weighted by atomic mass is 79.9.